The topological polar surface area (TPSA) is 82.6 Å². The third kappa shape index (κ3) is 7.94. The van der Waals surface area contributed by atoms with Crippen LogP contribution in [-0.2, 0) is 16.6 Å². The SMILES string of the molecule is CCNC(=NCc1ccc(S(=O)(=O)NC)cc1)NCC(C)c1ccc(C)cc1.I. The van der Waals surface area contributed by atoms with Gasteiger partial charge in [-0.1, -0.05) is 48.9 Å². The van der Waals surface area contributed by atoms with Crippen molar-refractivity contribution in [1.29, 1.82) is 0 Å². The fraction of sp³-hybridized carbons (Fsp3) is 0.381. The molecule has 0 aliphatic rings. The molecule has 0 aromatic heterocycles. The van der Waals surface area contributed by atoms with Gasteiger partial charge in [-0.25, -0.2) is 18.1 Å². The predicted octanol–water partition coefficient (Wildman–Crippen LogP) is 3.38. The lowest BCUT2D eigenvalue weighted by atomic mass is 10.0. The molecule has 2 aromatic carbocycles. The van der Waals surface area contributed by atoms with E-state index < -0.39 is 10.0 Å². The highest BCUT2D eigenvalue weighted by Crippen LogP contribution is 2.15. The largest absolute Gasteiger partial charge is 0.357 e. The van der Waals surface area contributed by atoms with Crippen molar-refractivity contribution >= 4 is 40.0 Å². The molecular formula is C21H31IN4O2S. The van der Waals surface area contributed by atoms with Gasteiger partial charge in [0.05, 0.1) is 11.4 Å². The number of hydrogen-bond acceptors (Lipinski definition) is 3. The summed E-state index contributed by atoms with van der Waals surface area (Å²) in [7, 11) is -2.01. The van der Waals surface area contributed by atoms with Crippen molar-refractivity contribution in [2.24, 2.45) is 4.99 Å². The van der Waals surface area contributed by atoms with Crippen LogP contribution in [0.15, 0.2) is 58.4 Å². The third-order valence-corrected chi connectivity index (χ3v) is 5.92. The summed E-state index contributed by atoms with van der Waals surface area (Å²) in [4.78, 5) is 4.85. The molecule has 0 aliphatic heterocycles. The Morgan fingerprint density at radius 1 is 1.03 bits per heavy atom. The van der Waals surface area contributed by atoms with E-state index in [1.54, 1.807) is 24.3 Å². The van der Waals surface area contributed by atoms with Crippen LogP contribution in [0.5, 0.6) is 0 Å². The summed E-state index contributed by atoms with van der Waals surface area (Å²) in [6.07, 6.45) is 0. The lowest BCUT2D eigenvalue weighted by Gasteiger charge is -2.16. The van der Waals surface area contributed by atoms with E-state index in [1.165, 1.54) is 18.2 Å². The molecule has 29 heavy (non-hydrogen) atoms. The van der Waals surface area contributed by atoms with Crippen molar-refractivity contribution in [3.8, 4) is 0 Å². The fourth-order valence-corrected chi connectivity index (χ4v) is 3.40. The van der Waals surface area contributed by atoms with Gasteiger partial charge in [-0.05, 0) is 50.1 Å². The highest BCUT2D eigenvalue weighted by Gasteiger charge is 2.10. The summed E-state index contributed by atoms with van der Waals surface area (Å²) >= 11 is 0. The van der Waals surface area contributed by atoms with Crippen molar-refractivity contribution in [2.75, 3.05) is 20.1 Å². The summed E-state index contributed by atoms with van der Waals surface area (Å²) in [5.74, 6) is 1.10. The maximum absolute atomic E-state index is 11.8. The molecule has 0 fully saturated rings. The molecule has 1 atom stereocenters. The molecular weight excluding hydrogens is 499 g/mol. The van der Waals surface area contributed by atoms with E-state index in [0.717, 1.165) is 24.6 Å². The van der Waals surface area contributed by atoms with E-state index in [-0.39, 0.29) is 28.9 Å². The summed E-state index contributed by atoms with van der Waals surface area (Å²) in [5.41, 5.74) is 3.49. The Kier molecular flexibility index (Phi) is 10.6. The van der Waals surface area contributed by atoms with Crippen molar-refractivity contribution in [1.82, 2.24) is 15.4 Å². The van der Waals surface area contributed by atoms with Gasteiger partial charge >= 0.3 is 0 Å². The first-order valence-corrected chi connectivity index (χ1v) is 10.9. The van der Waals surface area contributed by atoms with Gasteiger partial charge in [-0.3, -0.25) is 0 Å². The van der Waals surface area contributed by atoms with Crippen LogP contribution in [0.25, 0.3) is 0 Å². The van der Waals surface area contributed by atoms with E-state index in [4.69, 9.17) is 0 Å². The Morgan fingerprint density at radius 3 is 2.21 bits per heavy atom. The first-order chi connectivity index (χ1) is 13.4. The highest BCUT2D eigenvalue weighted by molar-refractivity contribution is 14.0. The fourth-order valence-electron chi connectivity index (χ4n) is 2.67. The molecule has 0 saturated heterocycles. The average molecular weight is 530 g/mol. The average Bonchev–Trinajstić information content (AvgIpc) is 2.70. The van der Waals surface area contributed by atoms with Gasteiger partial charge in [0, 0.05) is 13.1 Å². The Bertz CT molecular complexity index is 882. The molecule has 1 unspecified atom stereocenters. The number of rotatable bonds is 8. The number of sulfonamides is 1. The van der Waals surface area contributed by atoms with Gasteiger partial charge in [-0.2, -0.15) is 0 Å². The number of nitrogens with one attached hydrogen (secondary N) is 3. The molecule has 8 heteroatoms. The zero-order valence-electron chi connectivity index (χ0n) is 17.4. The molecule has 6 nitrogen and oxygen atoms in total. The Balaban J connectivity index is 0.00000420. The van der Waals surface area contributed by atoms with E-state index in [2.05, 4.69) is 58.5 Å². The van der Waals surface area contributed by atoms with Gasteiger partial charge < -0.3 is 10.6 Å². The Labute approximate surface area is 191 Å². The second kappa shape index (κ2) is 12.1. The number of benzene rings is 2. The lowest BCUT2D eigenvalue weighted by Crippen LogP contribution is -2.39. The zero-order chi connectivity index (χ0) is 20.6. The van der Waals surface area contributed by atoms with E-state index in [1.807, 2.05) is 6.92 Å². The van der Waals surface area contributed by atoms with Crippen LogP contribution in [0, 0.1) is 6.92 Å². The molecule has 0 amide bonds. The van der Waals surface area contributed by atoms with Gasteiger partial charge in [-0.15, -0.1) is 24.0 Å². The second-order valence-corrected chi connectivity index (χ2v) is 8.63. The van der Waals surface area contributed by atoms with Gasteiger partial charge in [0.15, 0.2) is 5.96 Å². The van der Waals surface area contributed by atoms with Gasteiger partial charge in [0.1, 0.15) is 0 Å². The minimum Gasteiger partial charge on any atom is -0.357 e. The van der Waals surface area contributed by atoms with E-state index >= 15 is 0 Å². The minimum absolute atomic E-state index is 0. The summed E-state index contributed by atoms with van der Waals surface area (Å²) in [6, 6.07) is 15.3. The standard InChI is InChI=1S/C21H30N4O2S.HI/c1-5-23-21(24-14-17(3)19-10-6-16(2)7-11-19)25-15-18-8-12-20(13-9-18)28(26,27)22-4;/h6-13,17,22H,5,14-15H2,1-4H3,(H2,23,24,25);1H. The Hall–Kier alpha value is -1.65. The first kappa shape index (κ1) is 25.4. The van der Waals surface area contributed by atoms with E-state index in [9.17, 15) is 8.42 Å². The van der Waals surface area contributed by atoms with Gasteiger partial charge in [0.25, 0.3) is 0 Å². The maximum Gasteiger partial charge on any atom is 0.240 e. The quantitative estimate of drug-likeness (QED) is 0.278. The molecule has 3 N–H and O–H groups in total. The molecule has 0 heterocycles. The minimum atomic E-state index is -3.41. The number of halogens is 1. The zero-order valence-corrected chi connectivity index (χ0v) is 20.5. The van der Waals surface area contributed by atoms with Crippen molar-refractivity contribution < 1.29 is 8.42 Å². The number of aryl methyl sites for hydroxylation is 1. The molecule has 0 bridgehead atoms. The van der Waals surface area contributed by atoms with Crippen LogP contribution in [0.4, 0.5) is 0 Å². The third-order valence-electron chi connectivity index (χ3n) is 4.49. The molecule has 0 aliphatic carbocycles. The monoisotopic (exact) mass is 530 g/mol. The molecule has 0 spiro atoms. The molecule has 160 valence electrons. The van der Waals surface area contributed by atoms with E-state index in [0.29, 0.717) is 12.5 Å². The highest BCUT2D eigenvalue weighted by atomic mass is 127. The second-order valence-electron chi connectivity index (χ2n) is 6.74. The summed E-state index contributed by atoms with van der Waals surface area (Å²) < 4.78 is 25.9. The smallest absolute Gasteiger partial charge is 0.240 e. The van der Waals surface area contributed by atoms with Crippen LogP contribution < -0.4 is 15.4 Å². The van der Waals surface area contributed by atoms with Crippen molar-refractivity contribution in [2.45, 2.75) is 38.1 Å². The van der Waals surface area contributed by atoms with Crippen LogP contribution >= 0.6 is 24.0 Å². The predicted molar refractivity (Wildman–Crippen MR) is 131 cm³/mol. The van der Waals surface area contributed by atoms with Crippen LogP contribution in [0.2, 0.25) is 0 Å². The molecule has 2 rings (SSSR count). The molecule has 0 radical (unpaired) electrons. The molecule has 2 aromatic rings. The normalized spacial score (nSPS) is 12.8. The van der Waals surface area contributed by atoms with Crippen LogP contribution in [0.1, 0.15) is 36.5 Å². The summed E-state index contributed by atoms with van der Waals surface area (Å²) in [6.45, 7) is 8.30. The maximum atomic E-state index is 11.8. The lowest BCUT2D eigenvalue weighted by molar-refractivity contribution is 0.588. The number of hydrogen-bond donors (Lipinski definition) is 3. The van der Waals surface area contributed by atoms with Crippen molar-refractivity contribution in [3.05, 3.63) is 65.2 Å². The number of nitrogens with zero attached hydrogens (tertiary/aromatic N) is 1. The summed E-state index contributed by atoms with van der Waals surface area (Å²) in [5, 5.41) is 6.63. The Morgan fingerprint density at radius 2 is 1.66 bits per heavy atom. The number of aliphatic imine (C=N–C) groups is 1. The molecule has 0 saturated carbocycles. The first-order valence-electron chi connectivity index (χ1n) is 9.47. The number of guanidine groups is 1. The van der Waals surface area contributed by atoms with Crippen molar-refractivity contribution in [3.63, 3.8) is 0 Å². The van der Waals surface area contributed by atoms with Crippen LogP contribution in [0.3, 0.4) is 0 Å². The van der Waals surface area contributed by atoms with Crippen LogP contribution in [-0.4, -0.2) is 34.5 Å². The van der Waals surface area contributed by atoms with Gasteiger partial charge in [0.2, 0.25) is 10.0 Å².